The third kappa shape index (κ3) is 3.18. The van der Waals surface area contributed by atoms with E-state index in [1.165, 1.54) is 6.07 Å². The fraction of sp³-hybridized carbons (Fsp3) is 0.273. The highest BCUT2D eigenvalue weighted by Gasteiger charge is 2.22. The number of carbonyl (C=O) groups is 1. The molecule has 0 N–H and O–H groups in total. The molecule has 0 radical (unpaired) electrons. The Bertz CT molecular complexity index is 537. The molecule has 18 heavy (non-hydrogen) atoms. The van der Waals surface area contributed by atoms with Crippen LogP contribution in [0.4, 0.5) is 5.69 Å². The van der Waals surface area contributed by atoms with E-state index >= 15 is 0 Å². The van der Waals surface area contributed by atoms with Crippen molar-refractivity contribution in [3.8, 4) is 6.07 Å². The van der Waals surface area contributed by atoms with Gasteiger partial charge in [0.05, 0.1) is 35.1 Å². The normalized spacial score (nSPS) is 9.61. The van der Waals surface area contributed by atoms with Gasteiger partial charge in [-0.3, -0.25) is 14.9 Å². The number of nitriles is 1. The smallest absolute Gasteiger partial charge is 0.310 e. The number of nitrogens with zero attached hydrogens (tertiary/aromatic N) is 2. The minimum absolute atomic E-state index is 0.00209. The topological polar surface area (TPSA) is 93.2 Å². The zero-order valence-electron chi connectivity index (χ0n) is 9.47. The number of halogens is 1. The van der Waals surface area contributed by atoms with Gasteiger partial charge in [-0.1, -0.05) is 11.6 Å². The van der Waals surface area contributed by atoms with E-state index in [0.29, 0.717) is 0 Å². The van der Waals surface area contributed by atoms with Crippen molar-refractivity contribution >= 4 is 23.3 Å². The zero-order chi connectivity index (χ0) is 13.7. The third-order valence-corrected chi connectivity index (χ3v) is 2.35. The molecule has 1 aromatic rings. The fourth-order valence-corrected chi connectivity index (χ4v) is 1.64. The Morgan fingerprint density at radius 1 is 1.61 bits per heavy atom. The average molecular weight is 269 g/mol. The molecule has 0 bridgehead atoms. The molecule has 94 valence electrons. The Balaban J connectivity index is 3.26. The van der Waals surface area contributed by atoms with Crippen LogP contribution in [0.1, 0.15) is 18.1 Å². The first-order valence-corrected chi connectivity index (χ1v) is 5.40. The second-order valence-electron chi connectivity index (χ2n) is 3.30. The van der Waals surface area contributed by atoms with E-state index in [1.807, 2.05) is 0 Å². The van der Waals surface area contributed by atoms with Crippen LogP contribution in [0, 0.1) is 21.4 Å². The minimum atomic E-state index is -0.679. The molecule has 0 saturated heterocycles. The Morgan fingerprint density at radius 2 is 2.28 bits per heavy atom. The fourth-order valence-electron chi connectivity index (χ4n) is 1.43. The van der Waals surface area contributed by atoms with Gasteiger partial charge in [0.15, 0.2) is 0 Å². The zero-order valence-corrected chi connectivity index (χ0v) is 10.2. The first-order chi connectivity index (χ1) is 8.49. The number of nitro groups is 1. The molecule has 0 saturated carbocycles. The lowest BCUT2D eigenvalue weighted by atomic mass is 10.0. The second kappa shape index (κ2) is 5.98. The van der Waals surface area contributed by atoms with Crippen molar-refractivity contribution in [2.24, 2.45) is 0 Å². The summed E-state index contributed by atoms with van der Waals surface area (Å²) in [6.45, 7) is 1.79. The van der Waals surface area contributed by atoms with Crippen LogP contribution in [0.5, 0.6) is 0 Å². The lowest BCUT2D eigenvalue weighted by Gasteiger charge is -2.05. The Hall–Kier alpha value is -2.13. The van der Waals surface area contributed by atoms with E-state index in [1.54, 1.807) is 13.0 Å². The molecule has 0 fully saturated rings. The van der Waals surface area contributed by atoms with Gasteiger partial charge in [-0.25, -0.2) is 0 Å². The standard InChI is InChI=1S/C11H9ClN2O4/c1-2-18-11(15)5-9-7(6-13)3-8(12)4-10(9)14(16)17/h3-4H,2,5H2,1H3. The number of hydrogen-bond donors (Lipinski definition) is 0. The molecule has 1 aromatic carbocycles. The number of rotatable bonds is 4. The van der Waals surface area contributed by atoms with E-state index in [4.69, 9.17) is 21.6 Å². The van der Waals surface area contributed by atoms with Crippen LogP contribution in [0.2, 0.25) is 5.02 Å². The van der Waals surface area contributed by atoms with Gasteiger partial charge in [0.1, 0.15) is 0 Å². The molecule has 0 heterocycles. The predicted molar refractivity (Wildman–Crippen MR) is 63.2 cm³/mol. The molecule has 0 spiro atoms. The number of hydrogen-bond acceptors (Lipinski definition) is 5. The van der Waals surface area contributed by atoms with Crippen LogP contribution >= 0.6 is 11.6 Å². The van der Waals surface area contributed by atoms with Crippen molar-refractivity contribution in [1.82, 2.24) is 0 Å². The summed E-state index contributed by atoms with van der Waals surface area (Å²) >= 11 is 5.67. The van der Waals surface area contributed by atoms with Gasteiger partial charge in [0, 0.05) is 11.1 Å². The van der Waals surface area contributed by atoms with E-state index in [-0.39, 0.29) is 34.9 Å². The van der Waals surface area contributed by atoms with Gasteiger partial charge in [0.2, 0.25) is 0 Å². The molecule has 7 heteroatoms. The van der Waals surface area contributed by atoms with Crippen LogP contribution < -0.4 is 0 Å². The number of ether oxygens (including phenoxy) is 1. The largest absolute Gasteiger partial charge is 0.466 e. The minimum Gasteiger partial charge on any atom is -0.466 e. The molecular formula is C11H9ClN2O4. The second-order valence-corrected chi connectivity index (χ2v) is 3.74. The summed E-state index contributed by atoms with van der Waals surface area (Å²) in [5.41, 5.74) is -0.334. The Morgan fingerprint density at radius 3 is 2.78 bits per heavy atom. The van der Waals surface area contributed by atoms with Crippen molar-refractivity contribution < 1.29 is 14.5 Å². The summed E-state index contributed by atoms with van der Waals surface area (Å²) in [6, 6.07) is 4.17. The number of carbonyl (C=O) groups excluding carboxylic acids is 1. The van der Waals surface area contributed by atoms with Crippen molar-refractivity contribution in [2.45, 2.75) is 13.3 Å². The summed E-state index contributed by atoms with van der Waals surface area (Å²) in [6.07, 6.45) is -0.329. The summed E-state index contributed by atoms with van der Waals surface area (Å²) in [5, 5.41) is 19.9. The number of nitro benzene ring substituents is 1. The molecule has 0 atom stereocenters. The summed E-state index contributed by atoms with van der Waals surface area (Å²) in [7, 11) is 0. The number of benzene rings is 1. The lowest BCUT2D eigenvalue weighted by molar-refractivity contribution is -0.385. The van der Waals surface area contributed by atoms with Crippen LogP contribution in [-0.2, 0) is 16.0 Å². The Kier molecular flexibility index (Phi) is 4.63. The molecule has 0 aliphatic rings. The molecule has 0 aliphatic heterocycles. The van der Waals surface area contributed by atoms with Gasteiger partial charge in [-0.05, 0) is 13.0 Å². The molecule has 0 aromatic heterocycles. The molecule has 0 unspecified atom stereocenters. The maximum Gasteiger partial charge on any atom is 0.310 e. The van der Waals surface area contributed by atoms with Gasteiger partial charge >= 0.3 is 5.97 Å². The first-order valence-electron chi connectivity index (χ1n) is 5.02. The number of esters is 1. The molecule has 0 aliphatic carbocycles. The highest BCUT2D eigenvalue weighted by Crippen LogP contribution is 2.27. The van der Waals surface area contributed by atoms with Crippen LogP contribution in [0.25, 0.3) is 0 Å². The van der Waals surface area contributed by atoms with E-state index in [9.17, 15) is 14.9 Å². The third-order valence-electron chi connectivity index (χ3n) is 2.13. The summed E-state index contributed by atoms with van der Waals surface area (Å²) in [4.78, 5) is 21.5. The van der Waals surface area contributed by atoms with Crippen molar-refractivity contribution in [3.05, 3.63) is 38.4 Å². The summed E-state index contributed by atoms with van der Waals surface area (Å²) < 4.78 is 4.71. The maximum atomic E-state index is 11.4. The van der Waals surface area contributed by atoms with Gasteiger partial charge < -0.3 is 4.74 Å². The first kappa shape index (κ1) is 13.9. The lowest BCUT2D eigenvalue weighted by Crippen LogP contribution is -2.10. The molecular weight excluding hydrogens is 260 g/mol. The van der Waals surface area contributed by atoms with E-state index < -0.39 is 10.9 Å². The summed E-state index contributed by atoms with van der Waals surface area (Å²) in [5.74, 6) is -0.626. The van der Waals surface area contributed by atoms with Crippen molar-refractivity contribution in [2.75, 3.05) is 6.61 Å². The monoisotopic (exact) mass is 268 g/mol. The molecule has 1 rings (SSSR count). The van der Waals surface area contributed by atoms with Crippen LogP contribution in [0.15, 0.2) is 12.1 Å². The highest BCUT2D eigenvalue weighted by molar-refractivity contribution is 6.31. The van der Waals surface area contributed by atoms with Crippen molar-refractivity contribution in [1.29, 1.82) is 5.26 Å². The molecule has 0 amide bonds. The molecule has 6 nitrogen and oxygen atoms in total. The SMILES string of the molecule is CCOC(=O)Cc1c(C#N)cc(Cl)cc1[N+](=O)[O-]. The van der Waals surface area contributed by atoms with E-state index in [2.05, 4.69) is 0 Å². The maximum absolute atomic E-state index is 11.4. The predicted octanol–water partition coefficient (Wildman–Crippen LogP) is 2.23. The van der Waals surface area contributed by atoms with E-state index in [0.717, 1.165) is 6.07 Å². The Labute approximate surface area is 108 Å². The van der Waals surface area contributed by atoms with Crippen molar-refractivity contribution in [3.63, 3.8) is 0 Å². The quantitative estimate of drug-likeness (QED) is 0.474. The van der Waals surface area contributed by atoms with Gasteiger partial charge in [-0.2, -0.15) is 5.26 Å². The van der Waals surface area contributed by atoms with Gasteiger partial charge in [0.25, 0.3) is 5.69 Å². The van der Waals surface area contributed by atoms with Gasteiger partial charge in [-0.15, -0.1) is 0 Å². The van der Waals surface area contributed by atoms with Crippen LogP contribution in [0.3, 0.4) is 0 Å². The highest BCUT2D eigenvalue weighted by atomic mass is 35.5. The van der Waals surface area contributed by atoms with Crippen LogP contribution in [-0.4, -0.2) is 17.5 Å². The average Bonchev–Trinajstić information content (AvgIpc) is 2.30.